The number of ether oxygens (including phenoxy) is 2. The number of rotatable bonds is 12. The second-order valence-corrected chi connectivity index (χ2v) is 9.31. The Morgan fingerprint density at radius 3 is 2.28 bits per heavy atom. The number of aryl methyl sites for hydroxylation is 1. The highest BCUT2D eigenvalue weighted by Gasteiger charge is 2.37. The number of hydrogen-bond donors (Lipinski definition) is 3. The van der Waals surface area contributed by atoms with Crippen molar-refractivity contribution in [2.45, 2.75) is 71.6 Å². The molecule has 0 bridgehead atoms. The molecule has 0 saturated carbocycles. The van der Waals surface area contributed by atoms with Gasteiger partial charge in [0.25, 0.3) is 0 Å². The van der Waals surface area contributed by atoms with Gasteiger partial charge in [-0.25, -0.2) is 4.79 Å². The molecule has 11 heteroatoms. The van der Waals surface area contributed by atoms with Crippen molar-refractivity contribution in [1.82, 2.24) is 15.5 Å². The third kappa shape index (κ3) is 9.93. The molecule has 0 aliphatic carbocycles. The minimum atomic E-state index is -1.37. The van der Waals surface area contributed by atoms with Crippen LogP contribution in [0.1, 0.15) is 64.1 Å². The molecule has 1 aromatic carbocycles. The van der Waals surface area contributed by atoms with Crippen LogP contribution < -0.4 is 16.4 Å². The molecule has 200 valence electrons. The molecule has 4 N–H and O–H groups in total. The number of nitrogens with zero attached hydrogens (tertiary/aromatic N) is 1. The summed E-state index contributed by atoms with van der Waals surface area (Å²) in [4.78, 5) is 64.3. The van der Waals surface area contributed by atoms with Gasteiger partial charge in [-0.1, -0.05) is 37.6 Å². The van der Waals surface area contributed by atoms with E-state index in [0.29, 0.717) is 18.4 Å². The van der Waals surface area contributed by atoms with Gasteiger partial charge in [-0.15, -0.1) is 0 Å². The Kier molecular flexibility index (Phi) is 11.9. The van der Waals surface area contributed by atoms with Crippen LogP contribution in [-0.4, -0.2) is 66.5 Å². The van der Waals surface area contributed by atoms with Crippen LogP contribution in [0.3, 0.4) is 0 Å². The van der Waals surface area contributed by atoms with Crippen LogP contribution in [-0.2, 0) is 28.7 Å². The average molecular weight is 507 g/mol. The molecule has 0 fully saturated rings. The standard InChI is InChI=1S/C25H38N4O7/c1-7-8-13-29(23(33)18(14-19(26)30)28-24(34)36-25(3,4)5)21(17-12-10-9-11-16(17)2)22(32)27-15-20(31)35-6/h9-12,18,21H,7-8,13-15H2,1-6H3,(H2,26,30)(H,27,32)(H,28,34). The molecule has 2 unspecified atom stereocenters. The van der Waals surface area contributed by atoms with Crippen molar-refractivity contribution < 1.29 is 33.4 Å². The molecule has 1 aromatic rings. The van der Waals surface area contributed by atoms with Crippen LogP contribution in [0.25, 0.3) is 0 Å². The molecule has 0 spiro atoms. The number of nitrogens with one attached hydrogen (secondary N) is 2. The first-order chi connectivity index (χ1) is 16.8. The maximum absolute atomic E-state index is 13.8. The number of alkyl carbamates (subject to hydrolysis) is 1. The summed E-state index contributed by atoms with van der Waals surface area (Å²) in [6.45, 7) is 8.43. The van der Waals surface area contributed by atoms with Crippen LogP contribution >= 0.6 is 0 Å². The van der Waals surface area contributed by atoms with Crippen LogP contribution in [0.2, 0.25) is 0 Å². The first-order valence-electron chi connectivity index (χ1n) is 11.8. The van der Waals surface area contributed by atoms with Crippen LogP contribution in [0.15, 0.2) is 24.3 Å². The Morgan fingerprint density at radius 1 is 1.11 bits per heavy atom. The minimum Gasteiger partial charge on any atom is -0.468 e. The molecule has 0 saturated heterocycles. The van der Waals surface area contributed by atoms with E-state index in [0.717, 1.165) is 5.56 Å². The number of carbonyl (C=O) groups excluding carboxylic acids is 5. The zero-order chi connectivity index (χ0) is 27.5. The Labute approximate surface area is 212 Å². The fraction of sp³-hybridized carbons (Fsp3) is 0.560. The van der Waals surface area contributed by atoms with E-state index in [1.54, 1.807) is 52.0 Å². The fourth-order valence-electron chi connectivity index (χ4n) is 3.42. The molecule has 0 aliphatic heterocycles. The van der Waals surface area contributed by atoms with E-state index < -0.39 is 60.4 Å². The average Bonchev–Trinajstić information content (AvgIpc) is 2.78. The number of unbranched alkanes of at least 4 members (excludes halogenated alkanes) is 1. The number of nitrogens with two attached hydrogens (primary N) is 1. The third-order valence-corrected chi connectivity index (χ3v) is 5.11. The van der Waals surface area contributed by atoms with Crippen LogP contribution in [0, 0.1) is 6.92 Å². The van der Waals surface area contributed by atoms with E-state index in [9.17, 15) is 24.0 Å². The van der Waals surface area contributed by atoms with Gasteiger partial charge in [-0.05, 0) is 45.2 Å². The molecule has 11 nitrogen and oxygen atoms in total. The second-order valence-electron chi connectivity index (χ2n) is 9.31. The van der Waals surface area contributed by atoms with Gasteiger partial charge in [-0.3, -0.25) is 19.2 Å². The molecule has 0 heterocycles. The van der Waals surface area contributed by atoms with Gasteiger partial charge in [0, 0.05) is 6.54 Å². The first-order valence-corrected chi connectivity index (χ1v) is 11.8. The highest BCUT2D eigenvalue weighted by Crippen LogP contribution is 2.26. The zero-order valence-corrected chi connectivity index (χ0v) is 21.9. The summed E-state index contributed by atoms with van der Waals surface area (Å²) in [5.41, 5.74) is 5.79. The van der Waals surface area contributed by atoms with Crippen LogP contribution in [0.4, 0.5) is 4.79 Å². The van der Waals surface area contributed by atoms with Crippen molar-refractivity contribution in [3.63, 3.8) is 0 Å². The van der Waals surface area contributed by atoms with Gasteiger partial charge in [0.1, 0.15) is 24.2 Å². The zero-order valence-electron chi connectivity index (χ0n) is 21.9. The summed E-state index contributed by atoms with van der Waals surface area (Å²) in [5.74, 6) is -2.78. The first kappa shape index (κ1) is 30.4. The molecule has 2 atom stereocenters. The second kappa shape index (κ2) is 14.1. The summed E-state index contributed by atoms with van der Waals surface area (Å²) >= 11 is 0. The van der Waals surface area contributed by atoms with Crippen molar-refractivity contribution in [2.75, 3.05) is 20.2 Å². The predicted molar refractivity (Wildman–Crippen MR) is 133 cm³/mol. The molecule has 0 radical (unpaired) electrons. The van der Waals surface area contributed by atoms with E-state index >= 15 is 0 Å². The molecule has 1 rings (SSSR count). The summed E-state index contributed by atoms with van der Waals surface area (Å²) in [7, 11) is 1.20. The number of methoxy groups -OCH3 is 1. The summed E-state index contributed by atoms with van der Waals surface area (Å²) < 4.78 is 9.85. The molecule has 0 aromatic heterocycles. The Morgan fingerprint density at radius 2 is 1.75 bits per heavy atom. The lowest BCUT2D eigenvalue weighted by Gasteiger charge is -2.35. The Bertz CT molecular complexity index is 943. The number of esters is 1. The molecular weight excluding hydrogens is 468 g/mol. The van der Waals surface area contributed by atoms with Gasteiger partial charge in [0.2, 0.25) is 17.7 Å². The number of carbonyl (C=O) groups is 5. The summed E-state index contributed by atoms with van der Waals surface area (Å²) in [5, 5.41) is 4.93. The summed E-state index contributed by atoms with van der Waals surface area (Å²) in [6.07, 6.45) is -0.159. The Hall–Kier alpha value is -3.63. The fourth-order valence-corrected chi connectivity index (χ4v) is 3.42. The number of benzene rings is 1. The van der Waals surface area contributed by atoms with E-state index in [-0.39, 0.29) is 6.54 Å². The lowest BCUT2D eigenvalue weighted by molar-refractivity contribution is -0.145. The van der Waals surface area contributed by atoms with Gasteiger partial charge >= 0.3 is 12.1 Å². The maximum Gasteiger partial charge on any atom is 0.408 e. The van der Waals surface area contributed by atoms with Crippen LogP contribution in [0.5, 0.6) is 0 Å². The van der Waals surface area contributed by atoms with E-state index in [1.807, 2.05) is 6.92 Å². The van der Waals surface area contributed by atoms with E-state index in [1.165, 1.54) is 12.0 Å². The highest BCUT2D eigenvalue weighted by molar-refractivity contribution is 5.95. The van der Waals surface area contributed by atoms with E-state index in [4.69, 9.17) is 10.5 Å². The number of hydrogen-bond acceptors (Lipinski definition) is 7. The van der Waals surface area contributed by atoms with Crippen molar-refractivity contribution in [3.05, 3.63) is 35.4 Å². The molecule has 36 heavy (non-hydrogen) atoms. The predicted octanol–water partition coefficient (Wildman–Crippen LogP) is 1.72. The van der Waals surface area contributed by atoms with Gasteiger partial charge in [-0.2, -0.15) is 0 Å². The maximum atomic E-state index is 13.8. The number of primary amides is 1. The van der Waals surface area contributed by atoms with E-state index in [2.05, 4.69) is 15.4 Å². The topological polar surface area (TPSA) is 157 Å². The largest absolute Gasteiger partial charge is 0.468 e. The Balaban J connectivity index is 3.48. The third-order valence-electron chi connectivity index (χ3n) is 5.11. The molecular formula is C25H38N4O7. The SMILES string of the molecule is CCCCN(C(=O)C(CC(N)=O)NC(=O)OC(C)(C)C)C(C(=O)NCC(=O)OC)c1ccccc1C. The van der Waals surface area contributed by atoms with Crippen molar-refractivity contribution in [3.8, 4) is 0 Å². The van der Waals surface area contributed by atoms with Gasteiger partial charge in [0.05, 0.1) is 13.5 Å². The van der Waals surface area contributed by atoms with Crippen molar-refractivity contribution >= 4 is 29.8 Å². The summed E-state index contributed by atoms with van der Waals surface area (Å²) in [6, 6.07) is 4.50. The molecule has 0 aliphatic rings. The molecule has 4 amide bonds. The van der Waals surface area contributed by atoms with Gasteiger partial charge in [0.15, 0.2) is 0 Å². The van der Waals surface area contributed by atoms with Crippen molar-refractivity contribution in [1.29, 1.82) is 0 Å². The lowest BCUT2D eigenvalue weighted by atomic mass is 9.97. The van der Waals surface area contributed by atoms with Crippen molar-refractivity contribution in [2.24, 2.45) is 5.73 Å². The smallest absolute Gasteiger partial charge is 0.408 e. The quantitative estimate of drug-likeness (QED) is 0.364. The monoisotopic (exact) mass is 506 g/mol. The van der Waals surface area contributed by atoms with Gasteiger partial charge < -0.3 is 30.7 Å². The normalized spacial score (nSPS) is 12.6. The number of amides is 4. The lowest BCUT2D eigenvalue weighted by Crippen LogP contribution is -2.54. The highest BCUT2D eigenvalue weighted by atomic mass is 16.6. The minimum absolute atomic E-state index is 0.144.